The van der Waals surface area contributed by atoms with Crippen molar-refractivity contribution in [2.24, 2.45) is 0 Å². The van der Waals surface area contributed by atoms with Crippen LogP contribution in [0.25, 0.3) is 0 Å². The summed E-state index contributed by atoms with van der Waals surface area (Å²) in [5, 5.41) is 0.948. The average Bonchev–Trinajstić information content (AvgIpc) is 2.03. The van der Waals surface area contributed by atoms with E-state index in [2.05, 4.69) is 31.9 Å². The number of ether oxygens (including phenoxy) is 1. The van der Waals surface area contributed by atoms with Crippen LogP contribution >= 0.6 is 31.9 Å². The van der Waals surface area contributed by atoms with Gasteiger partial charge >= 0.3 is 0 Å². The molecule has 1 aliphatic rings. The molecule has 0 unspecified atom stereocenters. The maximum atomic E-state index is 5.65. The van der Waals surface area contributed by atoms with Crippen molar-refractivity contribution >= 4 is 31.9 Å². The zero-order valence-electron chi connectivity index (χ0n) is 6.56. The summed E-state index contributed by atoms with van der Waals surface area (Å²) in [6.45, 7) is 0.840. The molecule has 0 saturated heterocycles. The molecule has 0 aromatic rings. The summed E-state index contributed by atoms with van der Waals surface area (Å²) in [5.41, 5.74) is 0. The smallest absolute Gasteiger partial charge is 0.0700 e. The molecule has 0 amide bonds. The fourth-order valence-electron chi connectivity index (χ4n) is 1.44. The second-order valence-electron chi connectivity index (χ2n) is 2.90. The van der Waals surface area contributed by atoms with Crippen LogP contribution in [0.15, 0.2) is 0 Å². The van der Waals surface area contributed by atoms with Crippen LogP contribution < -0.4 is 0 Å². The highest BCUT2D eigenvalue weighted by molar-refractivity contribution is 9.09. The third-order valence-corrected chi connectivity index (χ3v) is 3.40. The summed E-state index contributed by atoms with van der Waals surface area (Å²) in [5.74, 6) is 0. The lowest BCUT2D eigenvalue weighted by Gasteiger charge is -2.27. The Hall–Kier alpha value is 0.920. The molecule has 11 heavy (non-hydrogen) atoms. The zero-order valence-corrected chi connectivity index (χ0v) is 9.73. The SMILES string of the molecule is BrCCO[C@@H]1CCCC[C@H]1Br. The highest BCUT2D eigenvalue weighted by Gasteiger charge is 2.22. The van der Waals surface area contributed by atoms with Gasteiger partial charge in [-0.2, -0.15) is 0 Å². The third-order valence-electron chi connectivity index (χ3n) is 2.03. The summed E-state index contributed by atoms with van der Waals surface area (Å²) in [6, 6.07) is 0. The molecule has 1 rings (SSSR count). The predicted molar refractivity (Wildman–Crippen MR) is 54.7 cm³/mol. The quantitative estimate of drug-likeness (QED) is 0.724. The summed E-state index contributed by atoms with van der Waals surface area (Å²) in [6.07, 6.45) is 5.64. The molecule has 1 nitrogen and oxygen atoms in total. The van der Waals surface area contributed by atoms with Crippen molar-refractivity contribution in [3.05, 3.63) is 0 Å². The van der Waals surface area contributed by atoms with E-state index in [0.717, 1.165) is 11.9 Å². The molecule has 0 aliphatic heterocycles. The summed E-state index contributed by atoms with van der Waals surface area (Å²) in [4.78, 5) is 0.593. The van der Waals surface area contributed by atoms with Gasteiger partial charge < -0.3 is 4.74 Å². The second-order valence-corrected chi connectivity index (χ2v) is 4.87. The lowest BCUT2D eigenvalue weighted by atomic mass is 9.98. The molecule has 66 valence electrons. The van der Waals surface area contributed by atoms with E-state index < -0.39 is 0 Å². The minimum absolute atomic E-state index is 0.460. The van der Waals surface area contributed by atoms with E-state index in [9.17, 15) is 0 Å². The van der Waals surface area contributed by atoms with E-state index in [4.69, 9.17) is 4.74 Å². The molecule has 1 aliphatic carbocycles. The average molecular weight is 286 g/mol. The number of alkyl halides is 2. The van der Waals surface area contributed by atoms with Crippen molar-refractivity contribution < 1.29 is 4.74 Å². The third kappa shape index (κ3) is 3.43. The van der Waals surface area contributed by atoms with Gasteiger partial charge in [0.25, 0.3) is 0 Å². The Morgan fingerprint density at radius 3 is 2.64 bits per heavy atom. The minimum atomic E-state index is 0.460. The van der Waals surface area contributed by atoms with Gasteiger partial charge in [-0.3, -0.25) is 0 Å². The van der Waals surface area contributed by atoms with Gasteiger partial charge in [-0.1, -0.05) is 44.7 Å². The number of rotatable bonds is 3. The first kappa shape index (κ1) is 10.0. The first-order valence-electron chi connectivity index (χ1n) is 4.16. The number of hydrogen-bond donors (Lipinski definition) is 0. The lowest BCUT2D eigenvalue weighted by molar-refractivity contribution is 0.0451. The second kappa shape index (κ2) is 5.55. The van der Waals surface area contributed by atoms with Crippen LogP contribution in [-0.2, 0) is 4.74 Å². The van der Waals surface area contributed by atoms with Crippen molar-refractivity contribution in [2.75, 3.05) is 11.9 Å². The first-order chi connectivity index (χ1) is 5.34. The van der Waals surface area contributed by atoms with Crippen LogP contribution in [0, 0.1) is 0 Å². The maximum absolute atomic E-state index is 5.65. The zero-order chi connectivity index (χ0) is 8.10. The number of hydrogen-bond acceptors (Lipinski definition) is 1. The van der Waals surface area contributed by atoms with Gasteiger partial charge in [0.2, 0.25) is 0 Å². The van der Waals surface area contributed by atoms with Gasteiger partial charge in [-0.05, 0) is 12.8 Å². The van der Waals surface area contributed by atoms with Crippen molar-refractivity contribution in [3.8, 4) is 0 Å². The highest BCUT2D eigenvalue weighted by Crippen LogP contribution is 2.26. The molecule has 1 saturated carbocycles. The molecule has 0 spiro atoms. The van der Waals surface area contributed by atoms with E-state index in [1.807, 2.05) is 0 Å². The van der Waals surface area contributed by atoms with Crippen molar-refractivity contribution in [2.45, 2.75) is 36.6 Å². The largest absolute Gasteiger partial charge is 0.376 e. The Kier molecular flexibility index (Phi) is 5.04. The van der Waals surface area contributed by atoms with E-state index in [0.29, 0.717) is 10.9 Å². The minimum Gasteiger partial charge on any atom is -0.376 e. The van der Waals surface area contributed by atoms with Crippen LogP contribution in [-0.4, -0.2) is 22.9 Å². The standard InChI is InChI=1S/C8H14Br2O/c9-5-6-11-8-4-2-1-3-7(8)10/h7-8H,1-6H2/t7-,8-/m1/s1. The molecule has 0 heterocycles. The molecule has 2 atom stereocenters. The maximum Gasteiger partial charge on any atom is 0.0700 e. The van der Waals surface area contributed by atoms with E-state index in [1.54, 1.807) is 0 Å². The summed E-state index contributed by atoms with van der Waals surface area (Å²) >= 11 is 7.00. The van der Waals surface area contributed by atoms with E-state index in [-0.39, 0.29) is 0 Å². The van der Waals surface area contributed by atoms with Crippen molar-refractivity contribution in [1.29, 1.82) is 0 Å². The van der Waals surface area contributed by atoms with Crippen molar-refractivity contribution in [1.82, 2.24) is 0 Å². The lowest BCUT2D eigenvalue weighted by Crippen LogP contribution is -2.28. The van der Waals surface area contributed by atoms with Crippen LogP contribution in [0.2, 0.25) is 0 Å². The first-order valence-corrected chi connectivity index (χ1v) is 6.20. The number of halogens is 2. The summed E-state index contributed by atoms with van der Waals surface area (Å²) < 4.78 is 5.65. The molecule has 3 heteroatoms. The van der Waals surface area contributed by atoms with Gasteiger partial charge in [0.15, 0.2) is 0 Å². The normalized spacial score (nSPS) is 32.2. The Morgan fingerprint density at radius 1 is 1.27 bits per heavy atom. The summed E-state index contributed by atoms with van der Waals surface area (Å²) in [7, 11) is 0. The van der Waals surface area contributed by atoms with Gasteiger partial charge in [0.1, 0.15) is 0 Å². The molecular weight excluding hydrogens is 272 g/mol. The molecular formula is C8H14Br2O. The molecule has 0 bridgehead atoms. The van der Waals surface area contributed by atoms with Crippen LogP contribution in [0.1, 0.15) is 25.7 Å². The van der Waals surface area contributed by atoms with Gasteiger partial charge in [0, 0.05) is 10.2 Å². The van der Waals surface area contributed by atoms with Gasteiger partial charge in [-0.25, -0.2) is 0 Å². The fourth-order valence-corrected chi connectivity index (χ4v) is 2.36. The molecule has 0 aromatic heterocycles. The van der Waals surface area contributed by atoms with E-state index >= 15 is 0 Å². The highest BCUT2D eigenvalue weighted by atomic mass is 79.9. The van der Waals surface area contributed by atoms with Gasteiger partial charge in [0.05, 0.1) is 12.7 Å². The molecule has 0 radical (unpaired) electrons. The Morgan fingerprint density at radius 2 is 2.00 bits per heavy atom. The van der Waals surface area contributed by atoms with Crippen LogP contribution in [0.3, 0.4) is 0 Å². The Labute approximate surface area is 85.1 Å². The predicted octanol–water partition coefficient (Wildman–Crippen LogP) is 3.10. The molecule has 1 fully saturated rings. The van der Waals surface area contributed by atoms with Crippen molar-refractivity contribution in [3.63, 3.8) is 0 Å². The molecule has 0 N–H and O–H groups in total. The monoisotopic (exact) mass is 284 g/mol. The molecule has 0 aromatic carbocycles. The Bertz CT molecular complexity index is 108. The van der Waals surface area contributed by atoms with Crippen LogP contribution in [0.4, 0.5) is 0 Å². The topological polar surface area (TPSA) is 9.23 Å². The fraction of sp³-hybridized carbons (Fsp3) is 1.00. The van der Waals surface area contributed by atoms with E-state index in [1.165, 1.54) is 25.7 Å². The van der Waals surface area contributed by atoms with Crippen LogP contribution in [0.5, 0.6) is 0 Å². The van der Waals surface area contributed by atoms with Gasteiger partial charge in [-0.15, -0.1) is 0 Å². The Balaban J connectivity index is 2.18.